The number of unbranched alkanes of at least 4 members (excludes halogenated alkanes) is 16. The lowest BCUT2D eigenvalue weighted by Crippen LogP contribution is -2.27. The van der Waals surface area contributed by atoms with Crippen LogP contribution in [0.5, 0.6) is 0 Å². The minimum Gasteiger partial charge on any atom is -0.466 e. The van der Waals surface area contributed by atoms with E-state index in [1.807, 2.05) is 25.9 Å². The highest BCUT2D eigenvalue weighted by molar-refractivity contribution is 5.72. The van der Waals surface area contributed by atoms with Gasteiger partial charge in [-0.2, -0.15) is 0 Å². The van der Waals surface area contributed by atoms with Crippen LogP contribution in [0, 0.1) is 5.92 Å². The van der Waals surface area contributed by atoms with Gasteiger partial charge in [0.05, 0.1) is 25.6 Å². The van der Waals surface area contributed by atoms with Gasteiger partial charge in [0.2, 0.25) is 0 Å². The smallest absolute Gasteiger partial charge is 0.309 e. The maximum Gasteiger partial charge on any atom is 0.309 e. The molecule has 308 valence electrons. The first-order valence-corrected chi connectivity index (χ1v) is 22.1. The van der Waals surface area contributed by atoms with E-state index in [0.29, 0.717) is 39.2 Å². The predicted molar refractivity (Wildman–Crippen MR) is 227 cm³/mol. The molecule has 0 spiro atoms. The third kappa shape index (κ3) is 37.9. The number of rotatable bonds is 39. The third-order valence-electron chi connectivity index (χ3n) is 9.58. The minimum absolute atomic E-state index is 0.116. The largest absolute Gasteiger partial charge is 0.466 e. The summed E-state index contributed by atoms with van der Waals surface area (Å²) in [6.07, 6.45) is 47.1. The molecule has 0 fully saturated rings. The first kappa shape index (κ1) is 50.8. The molecule has 6 heteroatoms. The summed E-state index contributed by atoms with van der Waals surface area (Å²) >= 11 is 0. The van der Waals surface area contributed by atoms with Crippen molar-refractivity contribution in [3.63, 3.8) is 0 Å². The van der Waals surface area contributed by atoms with E-state index in [2.05, 4.69) is 62.5 Å². The highest BCUT2D eigenvalue weighted by atomic mass is 16.6. The zero-order valence-corrected chi connectivity index (χ0v) is 35.5. The molecule has 0 rings (SSSR count). The number of esters is 2. The number of carbonyl (C=O) groups excluding carboxylic acids is 2. The Kier molecular flexibility index (Phi) is 39.3. The van der Waals surface area contributed by atoms with Crippen molar-refractivity contribution in [2.24, 2.45) is 5.92 Å². The molecule has 6 nitrogen and oxygen atoms in total. The van der Waals surface area contributed by atoms with Crippen LogP contribution in [0.15, 0.2) is 48.6 Å². The van der Waals surface area contributed by atoms with Crippen molar-refractivity contribution < 1.29 is 23.8 Å². The Morgan fingerprint density at radius 1 is 0.566 bits per heavy atom. The summed E-state index contributed by atoms with van der Waals surface area (Å²) in [5.41, 5.74) is 0. The van der Waals surface area contributed by atoms with E-state index in [1.165, 1.54) is 96.3 Å². The van der Waals surface area contributed by atoms with Gasteiger partial charge in [-0.3, -0.25) is 9.59 Å². The fourth-order valence-corrected chi connectivity index (χ4v) is 6.20. The van der Waals surface area contributed by atoms with Crippen molar-refractivity contribution in [3.8, 4) is 0 Å². The second-order valence-corrected chi connectivity index (χ2v) is 15.0. The number of hydrogen-bond donors (Lipinski definition) is 0. The average molecular weight is 744 g/mol. The fourth-order valence-electron chi connectivity index (χ4n) is 6.20. The molecule has 0 bridgehead atoms. The van der Waals surface area contributed by atoms with E-state index in [-0.39, 0.29) is 24.0 Å². The normalized spacial score (nSPS) is 13.3. The monoisotopic (exact) mass is 744 g/mol. The SMILES string of the molecule is CCCCC/C=C\C/C=C\CCCCCCCCC(COCCC(CCCCCC/C=C\C/C=C\CCCCC)C(=O)OCC)OC(=O)CCN(C)C. The molecule has 0 radical (unpaired) electrons. The average Bonchev–Trinajstić information content (AvgIpc) is 3.14. The van der Waals surface area contributed by atoms with Gasteiger partial charge in [-0.1, -0.05) is 133 Å². The van der Waals surface area contributed by atoms with Crippen molar-refractivity contribution in [1.29, 1.82) is 0 Å². The molecule has 0 saturated heterocycles. The topological polar surface area (TPSA) is 65.1 Å². The predicted octanol–water partition coefficient (Wildman–Crippen LogP) is 13.1. The van der Waals surface area contributed by atoms with Crippen molar-refractivity contribution >= 4 is 11.9 Å². The van der Waals surface area contributed by atoms with Crippen LogP contribution in [0.3, 0.4) is 0 Å². The van der Waals surface area contributed by atoms with Crippen LogP contribution in [0.2, 0.25) is 0 Å². The number of carbonyl (C=O) groups is 2. The number of allylic oxidation sites excluding steroid dienone is 8. The van der Waals surface area contributed by atoms with Gasteiger partial charge in [0.25, 0.3) is 0 Å². The molecule has 0 aromatic heterocycles. The van der Waals surface area contributed by atoms with E-state index >= 15 is 0 Å². The quantitative estimate of drug-likeness (QED) is 0.0355. The van der Waals surface area contributed by atoms with E-state index in [0.717, 1.165) is 57.8 Å². The second-order valence-electron chi connectivity index (χ2n) is 15.0. The van der Waals surface area contributed by atoms with Crippen molar-refractivity contribution in [2.45, 2.75) is 194 Å². The number of ether oxygens (including phenoxy) is 3. The highest BCUT2D eigenvalue weighted by Crippen LogP contribution is 2.18. The lowest BCUT2D eigenvalue weighted by atomic mass is 9.97. The van der Waals surface area contributed by atoms with Gasteiger partial charge in [-0.05, 0) is 111 Å². The van der Waals surface area contributed by atoms with Gasteiger partial charge in [0.15, 0.2) is 0 Å². The molecule has 0 aliphatic heterocycles. The summed E-state index contributed by atoms with van der Waals surface area (Å²) in [6, 6.07) is 0. The van der Waals surface area contributed by atoms with Gasteiger partial charge in [-0.25, -0.2) is 0 Å². The molecule has 2 unspecified atom stereocenters. The van der Waals surface area contributed by atoms with Gasteiger partial charge in [-0.15, -0.1) is 0 Å². The lowest BCUT2D eigenvalue weighted by molar-refractivity contribution is -0.153. The maximum atomic E-state index is 12.7. The molecule has 0 aliphatic carbocycles. The van der Waals surface area contributed by atoms with Crippen LogP contribution < -0.4 is 0 Å². The summed E-state index contributed by atoms with van der Waals surface area (Å²) in [7, 11) is 3.93. The van der Waals surface area contributed by atoms with Crippen LogP contribution in [0.4, 0.5) is 0 Å². The van der Waals surface area contributed by atoms with Crippen molar-refractivity contribution in [2.75, 3.05) is 40.5 Å². The van der Waals surface area contributed by atoms with E-state index < -0.39 is 0 Å². The van der Waals surface area contributed by atoms with Crippen molar-refractivity contribution in [3.05, 3.63) is 48.6 Å². The Bertz CT molecular complexity index is 924. The van der Waals surface area contributed by atoms with Crippen LogP contribution in [0.25, 0.3) is 0 Å². The molecule has 0 aromatic rings. The zero-order chi connectivity index (χ0) is 38.9. The highest BCUT2D eigenvalue weighted by Gasteiger charge is 2.20. The Morgan fingerprint density at radius 3 is 1.53 bits per heavy atom. The minimum atomic E-state index is -0.243. The fraction of sp³-hybridized carbons (Fsp3) is 0.787. The van der Waals surface area contributed by atoms with Gasteiger partial charge >= 0.3 is 11.9 Å². The van der Waals surface area contributed by atoms with E-state index in [9.17, 15) is 9.59 Å². The van der Waals surface area contributed by atoms with Crippen LogP contribution in [0.1, 0.15) is 188 Å². The summed E-state index contributed by atoms with van der Waals surface area (Å²) in [5.74, 6) is -0.427. The zero-order valence-electron chi connectivity index (χ0n) is 35.5. The molecule has 0 aliphatic rings. The molecular weight excluding hydrogens is 659 g/mol. The Balaban J connectivity index is 4.42. The van der Waals surface area contributed by atoms with Gasteiger partial charge in [0.1, 0.15) is 6.10 Å². The summed E-state index contributed by atoms with van der Waals surface area (Å²) < 4.78 is 17.3. The van der Waals surface area contributed by atoms with E-state index in [1.54, 1.807) is 0 Å². The molecule has 2 atom stereocenters. The van der Waals surface area contributed by atoms with Crippen LogP contribution >= 0.6 is 0 Å². The van der Waals surface area contributed by atoms with Crippen LogP contribution in [-0.4, -0.2) is 63.4 Å². The molecule has 53 heavy (non-hydrogen) atoms. The number of nitrogens with zero attached hydrogens (tertiary/aromatic N) is 1. The van der Waals surface area contributed by atoms with Gasteiger partial charge in [0, 0.05) is 13.2 Å². The summed E-state index contributed by atoms with van der Waals surface area (Å²) in [4.78, 5) is 27.3. The maximum absolute atomic E-state index is 12.7. The standard InChI is InChI=1S/C47H85NO5/c1-6-9-11-13-15-17-19-21-23-24-26-28-30-32-34-36-38-45(53-46(49)39-41-48(4)5)43-51-42-40-44(47(50)52-8-3)37-35-33-31-29-27-25-22-20-18-16-14-12-10-7-2/h15-18,21-23,25,44-45H,6-14,19-20,24,26-43H2,1-5H3/b17-15-,18-16-,23-21-,25-22-. The Morgan fingerprint density at radius 2 is 1.04 bits per heavy atom. The molecule has 0 amide bonds. The van der Waals surface area contributed by atoms with Crippen molar-refractivity contribution in [1.82, 2.24) is 4.90 Å². The molecular formula is C47H85NO5. The Labute approximate surface area is 328 Å². The molecule has 0 aromatic carbocycles. The Hall–Kier alpha value is -2.18. The number of hydrogen-bond acceptors (Lipinski definition) is 6. The van der Waals surface area contributed by atoms with Gasteiger partial charge < -0.3 is 19.1 Å². The first-order chi connectivity index (χ1) is 25.9. The third-order valence-corrected chi connectivity index (χ3v) is 9.58. The molecule has 0 heterocycles. The summed E-state index contributed by atoms with van der Waals surface area (Å²) in [5, 5.41) is 0. The first-order valence-electron chi connectivity index (χ1n) is 22.1. The second kappa shape index (κ2) is 41.0. The summed E-state index contributed by atoms with van der Waals surface area (Å²) in [6.45, 7) is 8.28. The van der Waals surface area contributed by atoms with Crippen LogP contribution in [-0.2, 0) is 23.8 Å². The molecule has 0 saturated carbocycles. The lowest BCUT2D eigenvalue weighted by Gasteiger charge is -2.20. The molecule has 0 N–H and O–H groups in total. The van der Waals surface area contributed by atoms with E-state index in [4.69, 9.17) is 14.2 Å².